The number of nitrogens with one attached hydrogen (secondary N) is 1. The van der Waals surface area contributed by atoms with Gasteiger partial charge in [-0.3, -0.25) is 4.79 Å². The van der Waals surface area contributed by atoms with Crippen LogP contribution in [0.5, 0.6) is 0 Å². The molecule has 1 aromatic carbocycles. The van der Waals surface area contributed by atoms with Gasteiger partial charge >= 0.3 is 5.97 Å². The van der Waals surface area contributed by atoms with Gasteiger partial charge in [0.1, 0.15) is 6.04 Å². The molecule has 0 bridgehead atoms. The maximum atomic E-state index is 10.5. The molecule has 0 aromatic heterocycles. The molecule has 1 unspecified atom stereocenters. The fourth-order valence-electron chi connectivity index (χ4n) is 1.43. The molecule has 5 heteroatoms. The van der Waals surface area contributed by atoms with Crippen LogP contribution in [0.3, 0.4) is 0 Å². The topological polar surface area (TPSA) is 75.3 Å². The molecule has 17 heavy (non-hydrogen) atoms. The molecule has 0 amide bonds. The molecule has 4 N–H and O–H groups in total. The van der Waals surface area contributed by atoms with E-state index in [4.69, 9.17) is 10.8 Å². The van der Waals surface area contributed by atoms with Crippen LogP contribution >= 0.6 is 15.9 Å². The monoisotopic (exact) mass is 300 g/mol. The second kappa shape index (κ2) is 6.74. The molecule has 0 saturated carbocycles. The number of hydrogen-bond acceptors (Lipinski definition) is 3. The SMILES string of the molecule is Cc1ccc(Br)cc1CNCCC(N)C(=O)O. The minimum atomic E-state index is -0.953. The van der Waals surface area contributed by atoms with Crippen LogP contribution in [0.4, 0.5) is 0 Å². The number of carboxylic acids is 1. The smallest absolute Gasteiger partial charge is 0.320 e. The fourth-order valence-corrected chi connectivity index (χ4v) is 1.84. The zero-order valence-corrected chi connectivity index (χ0v) is 11.3. The zero-order chi connectivity index (χ0) is 12.8. The number of aryl methyl sites for hydroxylation is 1. The number of rotatable bonds is 6. The standard InChI is InChI=1S/C12H17BrN2O2/c1-8-2-3-10(13)6-9(8)7-15-5-4-11(14)12(16)17/h2-3,6,11,15H,4-5,7,14H2,1H3,(H,16,17). The van der Waals surface area contributed by atoms with E-state index < -0.39 is 12.0 Å². The first kappa shape index (κ1) is 14.2. The summed E-state index contributed by atoms with van der Waals surface area (Å²) in [5.74, 6) is -0.953. The van der Waals surface area contributed by atoms with Crippen molar-refractivity contribution in [3.8, 4) is 0 Å². The molecule has 0 heterocycles. The lowest BCUT2D eigenvalue weighted by molar-refractivity contribution is -0.138. The van der Waals surface area contributed by atoms with E-state index in [0.717, 1.165) is 11.0 Å². The highest BCUT2D eigenvalue weighted by molar-refractivity contribution is 9.10. The second-order valence-corrected chi connectivity index (χ2v) is 4.90. The van der Waals surface area contributed by atoms with E-state index in [2.05, 4.69) is 27.3 Å². The van der Waals surface area contributed by atoms with Gasteiger partial charge in [0.15, 0.2) is 0 Å². The van der Waals surface area contributed by atoms with E-state index in [0.29, 0.717) is 13.0 Å². The zero-order valence-electron chi connectivity index (χ0n) is 9.74. The van der Waals surface area contributed by atoms with Gasteiger partial charge in [-0.15, -0.1) is 0 Å². The van der Waals surface area contributed by atoms with E-state index in [1.54, 1.807) is 0 Å². The van der Waals surface area contributed by atoms with Crippen LogP contribution in [-0.2, 0) is 11.3 Å². The Morgan fingerprint density at radius 2 is 2.29 bits per heavy atom. The Morgan fingerprint density at radius 1 is 1.59 bits per heavy atom. The number of nitrogens with two attached hydrogens (primary N) is 1. The summed E-state index contributed by atoms with van der Waals surface area (Å²) in [6, 6.07) is 5.31. The van der Waals surface area contributed by atoms with Crippen molar-refractivity contribution < 1.29 is 9.90 Å². The summed E-state index contributed by atoms with van der Waals surface area (Å²) in [5, 5.41) is 11.8. The van der Waals surface area contributed by atoms with Crippen LogP contribution in [0.2, 0.25) is 0 Å². The first-order chi connectivity index (χ1) is 8.00. The van der Waals surface area contributed by atoms with Gasteiger partial charge in [-0.25, -0.2) is 0 Å². The maximum absolute atomic E-state index is 10.5. The Kier molecular flexibility index (Phi) is 5.61. The number of aliphatic carboxylic acids is 1. The van der Waals surface area contributed by atoms with Gasteiger partial charge in [0.2, 0.25) is 0 Å². The number of halogens is 1. The van der Waals surface area contributed by atoms with Gasteiger partial charge in [0.05, 0.1) is 0 Å². The highest BCUT2D eigenvalue weighted by Crippen LogP contribution is 2.15. The number of carbonyl (C=O) groups is 1. The lowest BCUT2D eigenvalue weighted by Gasteiger charge is -2.10. The van der Waals surface area contributed by atoms with Crippen molar-refractivity contribution in [2.24, 2.45) is 5.73 Å². The molecule has 0 aliphatic carbocycles. The van der Waals surface area contributed by atoms with Crippen LogP contribution in [0.25, 0.3) is 0 Å². The van der Waals surface area contributed by atoms with Gasteiger partial charge in [0, 0.05) is 11.0 Å². The molecule has 1 atom stereocenters. The molecular formula is C12H17BrN2O2. The molecule has 0 spiro atoms. The minimum Gasteiger partial charge on any atom is -0.480 e. The molecule has 1 aromatic rings. The molecule has 94 valence electrons. The van der Waals surface area contributed by atoms with Crippen molar-refractivity contribution in [1.29, 1.82) is 0 Å². The van der Waals surface area contributed by atoms with Crippen molar-refractivity contribution in [3.05, 3.63) is 33.8 Å². The minimum absolute atomic E-state index is 0.433. The van der Waals surface area contributed by atoms with E-state index in [1.807, 2.05) is 19.1 Å². The third-order valence-corrected chi connectivity index (χ3v) is 3.07. The Hall–Kier alpha value is -0.910. The molecule has 0 aliphatic rings. The molecule has 1 rings (SSSR count). The predicted molar refractivity (Wildman–Crippen MR) is 70.8 cm³/mol. The van der Waals surface area contributed by atoms with Crippen molar-refractivity contribution in [2.75, 3.05) is 6.54 Å². The Bertz CT molecular complexity index is 396. The average Bonchev–Trinajstić information content (AvgIpc) is 2.28. The molecule has 0 aliphatic heterocycles. The van der Waals surface area contributed by atoms with E-state index in [1.165, 1.54) is 11.1 Å². The van der Waals surface area contributed by atoms with Gasteiger partial charge in [-0.1, -0.05) is 22.0 Å². The quantitative estimate of drug-likeness (QED) is 0.698. The summed E-state index contributed by atoms with van der Waals surface area (Å²) in [7, 11) is 0. The number of carboxylic acid groups (broad SMARTS) is 1. The highest BCUT2D eigenvalue weighted by atomic mass is 79.9. The molecule has 0 radical (unpaired) electrons. The summed E-state index contributed by atoms with van der Waals surface area (Å²) in [6.07, 6.45) is 0.433. The van der Waals surface area contributed by atoms with Gasteiger partial charge < -0.3 is 16.2 Å². The van der Waals surface area contributed by atoms with Crippen LogP contribution in [-0.4, -0.2) is 23.7 Å². The van der Waals surface area contributed by atoms with Crippen molar-refractivity contribution in [1.82, 2.24) is 5.32 Å². The van der Waals surface area contributed by atoms with Crippen molar-refractivity contribution in [2.45, 2.75) is 25.9 Å². The largest absolute Gasteiger partial charge is 0.480 e. The third-order valence-electron chi connectivity index (χ3n) is 2.58. The van der Waals surface area contributed by atoms with Crippen molar-refractivity contribution >= 4 is 21.9 Å². The normalized spacial score (nSPS) is 12.4. The lowest BCUT2D eigenvalue weighted by atomic mass is 10.1. The molecule has 0 fully saturated rings. The summed E-state index contributed by atoms with van der Waals surface area (Å²) >= 11 is 3.42. The van der Waals surface area contributed by atoms with Gasteiger partial charge in [0.25, 0.3) is 0 Å². The maximum Gasteiger partial charge on any atom is 0.320 e. The van der Waals surface area contributed by atoms with Crippen molar-refractivity contribution in [3.63, 3.8) is 0 Å². The number of benzene rings is 1. The first-order valence-corrected chi connectivity index (χ1v) is 6.24. The summed E-state index contributed by atoms with van der Waals surface area (Å²) in [5.41, 5.74) is 7.81. The predicted octanol–water partition coefficient (Wildman–Crippen LogP) is 1.65. The Balaban J connectivity index is 2.36. The van der Waals surface area contributed by atoms with E-state index in [-0.39, 0.29) is 0 Å². The lowest BCUT2D eigenvalue weighted by Crippen LogP contribution is -2.33. The van der Waals surface area contributed by atoms with Gasteiger partial charge in [-0.2, -0.15) is 0 Å². The summed E-state index contributed by atoms with van der Waals surface area (Å²) in [4.78, 5) is 10.5. The summed E-state index contributed by atoms with van der Waals surface area (Å²) < 4.78 is 1.04. The summed E-state index contributed by atoms with van der Waals surface area (Å²) in [6.45, 7) is 3.36. The molecule has 0 saturated heterocycles. The Labute approximate surface area is 109 Å². The Morgan fingerprint density at radius 3 is 2.94 bits per heavy atom. The van der Waals surface area contributed by atoms with E-state index >= 15 is 0 Å². The molecular weight excluding hydrogens is 284 g/mol. The second-order valence-electron chi connectivity index (χ2n) is 3.98. The van der Waals surface area contributed by atoms with Crippen LogP contribution in [0.15, 0.2) is 22.7 Å². The van der Waals surface area contributed by atoms with Gasteiger partial charge in [-0.05, 0) is 43.1 Å². The van der Waals surface area contributed by atoms with E-state index in [9.17, 15) is 4.79 Å². The van der Waals surface area contributed by atoms with Crippen LogP contribution < -0.4 is 11.1 Å². The van der Waals surface area contributed by atoms with Crippen LogP contribution in [0.1, 0.15) is 17.5 Å². The van der Waals surface area contributed by atoms with Crippen LogP contribution in [0, 0.1) is 6.92 Å². The average molecular weight is 301 g/mol. The highest BCUT2D eigenvalue weighted by Gasteiger charge is 2.10. The third kappa shape index (κ3) is 4.85. The molecule has 4 nitrogen and oxygen atoms in total. The number of hydrogen-bond donors (Lipinski definition) is 3. The first-order valence-electron chi connectivity index (χ1n) is 5.45. The fraction of sp³-hybridized carbons (Fsp3) is 0.417.